The van der Waals surface area contributed by atoms with Gasteiger partial charge in [0.2, 0.25) is 10.0 Å². The first-order valence-electron chi connectivity index (χ1n) is 14.6. The molecule has 1 aliphatic rings. The minimum absolute atomic E-state index is 0.0142. The number of hydrogen-bond donors (Lipinski definition) is 2. The molecule has 1 aliphatic heterocycles. The molecule has 1 fully saturated rings. The molecular formula is C27H40N7O8S+. The van der Waals surface area contributed by atoms with Crippen LogP contribution in [-0.4, -0.2) is 74.7 Å². The Labute approximate surface area is 249 Å². The predicted octanol–water partition coefficient (Wildman–Crippen LogP) is 1.79. The number of aliphatic hydroxyl groups is 1. The number of rotatable bonds is 14. The molecule has 3 aromatic rings. The molecule has 0 spiro atoms. The largest absolute Gasteiger partial charge is 0.493 e. The SMILES string of the molecule is CCCc1nn(C)c2c(=O)[nH]c(-c3cc(S(=O)(=O)N4CCC(C(O)(CCC)CCO[N+](=O)[O-])CC4)ccc3OCC)n[n+]12. The van der Waals surface area contributed by atoms with Crippen molar-refractivity contribution in [2.24, 2.45) is 13.0 Å². The Morgan fingerprint density at radius 3 is 2.56 bits per heavy atom. The van der Waals surface area contributed by atoms with E-state index >= 15 is 0 Å². The van der Waals surface area contributed by atoms with Crippen LogP contribution in [0.3, 0.4) is 0 Å². The van der Waals surface area contributed by atoms with Crippen LogP contribution < -0.4 is 14.8 Å². The van der Waals surface area contributed by atoms with Crippen molar-refractivity contribution < 1.29 is 32.7 Å². The Balaban J connectivity index is 1.63. The van der Waals surface area contributed by atoms with E-state index in [1.165, 1.54) is 25.6 Å². The van der Waals surface area contributed by atoms with Crippen LogP contribution in [0.2, 0.25) is 0 Å². The molecule has 43 heavy (non-hydrogen) atoms. The number of sulfonamides is 1. The molecule has 1 saturated heterocycles. The van der Waals surface area contributed by atoms with Crippen LogP contribution in [0.25, 0.3) is 17.0 Å². The summed E-state index contributed by atoms with van der Waals surface area (Å²) in [6, 6.07) is 4.47. The Morgan fingerprint density at radius 1 is 1.21 bits per heavy atom. The van der Waals surface area contributed by atoms with Crippen molar-refractivity contribution in [3.8, 4) is 17.1 Å². The highest BCUT2D eigenvalue weighted by molar-refractivity contribution is 7.89. The van der Waals surface area contributed by atoms with E-state index in [2.05, 4.69) is 20.0 Å². The first kappa shape index (κ1) is 32.3. The third-order valence-electron chi connectivity index (χ3n) is 7.90. The Bertz CT molecular complexity index is 1620. The van der Waals surface area contributed by atoms with E-state index < -0.39 is 26.3 Å². The highest BCUT2D eigenvalue weighted by Gasteiger charge is 2.40. The lowest BCUT2D eigenvalue weighted by Crippen LogP contribution is -2.47. The molecule has 236 valence electrons. The van der Waals surface area contributed by atoms with E-state index in [0.29, 0.717) is 55.8 Å². The van der Waals surface area contributed by atoms with Crippen LogP contribution in [0, 0.1) is 16.0 Å². The number of aromatic amines is 1. The number of hydrogen-bond acceptors (Lipinski definition) is 10. The number of H-pyrrole nitrogens is 1. The second-order valence-corrected chi connectivity index (χ2v) is 12.7. The molecule has 0 saturated carbocycles. The minimum atomic E-state index is -3.96. The van der Waals surface area contributed by atoms with E-state index in [1.807, 2.05) is 13.8 Å². The third kappa shape index (κ3) is 6.80. The third-order valence-corrected chi connectivity index (χ3v) is 9.79. The zero-order chi connectivity index (χ0) is 31.4. The minimum Gasteiger partial charge on any atom is -0.493 e. The van der Waals surface area contributed by atoms with Crippen LogP contribution in [0.1, 0.15) is 65.1 Å². The van der Waals surface area contributed by atoms with Gasteiger partial charge in [0, 0.05) is 31.0 Å². The lowest BCUT2D eigenvalue weighted by atomic mass is 9.76. The molecule has 15 nitrogen and oxygen atoms in total. The molecular weight excluding hydrogens is 582 g/mol. The molecule has 0 amide bonds. The lowest BCUT2D eigenvalue weighted by molar-refractivity contribution is -0.758. The Hall–Kier alpha value is -3.63. The van der Waals surface area contributed by atoms with Gasteiger partial charge in [-0.05, 0) is 56.7 Å². The normalized spacial score (nSPS) is 16.3. The van der Waals surface area contributed by atoms with Gasteiger partial charge in [-0.2, -0.15) is 4.31 Å². The summed E-state index contributed by atoms with van der Waals surface area (Å²) in [5.41, 5.74) is -1.05. The number of piperidine rings is 1. The monoisotopic (exact) mass is 622 g/mol. The van der Waals surface area contributed by atoms with E-state index in [0.717, 1.165) is 6.42 Å². The number of aryl methyl sites for hydroxylation is 2. The van der Waals surface area contributed by atoms with Crippen molar-refractivity contribution in [2.75, 3.05) is 26.3 Å². The van der Waals surface area contributed by atoms with Gasteiger partial charge in [0.25, 0.3) is 5.09 Å². The lowest BCUT2D eigenvalue weighted by Gasteiger charge is -2.41. The number of benzene rings is 1. The number of nitrogens with zero attached hydrogens (tertiary/aromatic N) is 6. The van der Waals surface area contributed by atoms with Crippen LogP contribution in [0.15, 0.2) is 27.9 Å². The van der Waals surface area contributed by atoms with Gasteiger partial charge in [-0.3, -0.25) is 9.78 Å². The Kier molecular flexibility index (Phi) is 10.0. The summed E-state index contributed by atoms with van der Waals surface area (Å²) in [5.74, 6) is 0.879. The van der Waals surface area contributed by atoms with Crippen molar-refractivity contribution in [3.63, 3.8) is 0 Å². The number of aromatic nitrogens is 5. The van der Waals surface area contributed by atoms with Crippen LogP contribution >= 0.6 is 0 Å². The topological polar surface area (TPSA) is 187 Å². The van der Waals surface area contributed by atoms with Crippen molar-refractivity contribution in [3.05, 3.63) is 44.5 Å². The van der Waals surface area contributed by atoms with Gasteiger partial charge in [-0.1, -0.05) is 29.9 Å². The molecule has 0 bridgehead atoms. The van der Waals surface area contributed by atoms with Crippen LogP contribution in [0.4, 0.5) is 0 Å². The standard InChI is InChI=1S/C27H39N7O8S/c1-5-8-23-29-31(4)26-25(35)28-24(30-33(23)26)21-18-20(9-10-22(21)41-7-3)43(39,40)32-15-11-19(12-16-32)27(36,13-6-2)14-17-42-34(37)38/h9-10,18-19,36H,5-8,11-17H2,1-4H3/p+1. The smallest absolute Gasteiger partial charge is 0.350 e. The number of fused-ring (bicyclic) bond motifs is 1. The summed E-state index contributed by atoms with van der Waals surface area (Å²) in [7, 11) is -2.30. The molecule has 1 unspecified atom stereocenters. The molecule has 2 aromatic heterocycles. The molecule has 4 rings (SSSR count). The average molecular weight is 623 g/mol. The average Bonchev–Trinajstić information content (AvgIpc) is 3.28. The zero-order valence-corrected chi connectivity index (χ0v) is 25.8. The summed E-state index contributed by atoms with van der Waals surface area (Å²) in [4.78, 5) is 30.9. The molecule has 2 N–H and O–H groups in total. The second-order valence-electron chi connectivity index (χ2n) is 10.8. The molecule has 0 radical (unpaired) electrons. The van der Waals surface area contributed by atoms with E-state index in [9.17, 15) is 28.4 Å². The quantitative estimate of drug-likeness (QED) is 0.152. The van der Waals surface area contributed by atoms with Gasteiger partial charge >= 0.3 is 17.0 Å². The Morgan fingerprint density at radius 2 is 1.93 bits per heavy atom. The van der Waals surface area contributed by atoms with E-state index in [-0.39, 0.29) is 48.4 Å². The summed E-state index contributed by atoms with van der Waals surface area (Å²) >= 11 is 0. The highest BCUT2D eigenvalue weighted by Crippen LogP contribution is 2.37. The van der Waals surface area contributed by atoms with Crippen molar-refractivity contribution in [1.29, 1.82) is 0 Å². The summed E-state index contributed by atoms with van der Waals surface area (Å²) in [5, 5.41) is 30.1. The van der Waals surface area contributed by atoms with Crippen molar-refractivity contribution in [1.82, 2.24) is 24.2 Å². The predicted molar refractivity (Wildman–Crippen MR) is 154 cm³/mol. The number of nitrogens with one attached hydrogen (secondary N) is 1. The van der Waals surface area contributed by atoms with Gasteiger partial charge in [-0.25, -0.2) is 8.42 Å². The van der Waals surface area contributed by atoms with Crippen LogP contribution in [0.5, 0.6) is 5.75 Å². The first-order chi connectivity index (χ1) is 20.4. The number of ether oxygens (including phenoxy) is 1. The molecule has 0 aliphatic carbocycles. The van der Waals surface area contributed by atoms with Crippen LogP contribution in [-0.2, 0) is 28.3 Å². The van der Waals surface area contributed by atoms with E-state index in [4.69, 9.17) is 4.74 Å². The molecule has 3 heterocycles. The maximum Gasteiger partial charge on any atom is 0.350 e. The zero-order valence-electron chi connectivity index (χ0n) is 25.0. The second kappa shape index (κ2) is 13.3. The summed E-state index contributed by atoms with van der Waals surface area (Å²) in [6.07, 6.45) is 3.35. The maximum absolute atomic E-state index is 13.8. The van der Waals surface area contributed by atoms with Gasteiger partial charge in [-0.15, -0.1) is 14.8 Å². The fourth-order valence-electron chi connectivity index (χ4n) is 5.84. The van der Waals surface area contributed by atoms with Crippen molar-refractivity contribution >= 4 is 15.7 Å². The molecule has 1 aromatic carbocycles. The maximum atomic E-state index is 13.8. The fraction of sp³-hybridized carbons (Fsp3) is 0.630. The molecule has 16 heteroatoms. The van der Waals surface area contributed by atoms with Gasteiger partial charge < -0.3 is 14.7 Å². The van der Waals surface area contributed by atoms with Gasteiger partial charge in [0.15, 0.2) is 5.82 Å². The summed E-state index contributed by atoms with van der Waals surface area (Å²) in [6.45, 7) is 6.14. The van der Waals surface area contributed by atoms with Crippen molar-refractivity contribution in [2.45, 2.75) is 76.2 Å². The fourth-order valence-corrected chi connectivity index (χ4v) is 7.34. The van der Waals surface area contributed by atoms with Gasteiger partial charge in [0.1, 0.15) is 5.75 Å². The first-order valence-corrected chi connectivity index (χ1v) is 16.0. The molecule has 1 atom stereocenters. The summed E-state index contributed by atoms with van der Waals surface area (Å²) < 4.78 is 37.7. The van der Waals surface area contributed by atoms with E-state index in [1.54, 1.807) is 20.0 Å². The highest BCUT2D eigenvalue weighted by atomic mass is 32.2. The van der Waals surface area contributed by atoms with Gasteiger partial charge in [0.05, 0.1) is 36.3 Å².